The van der Waals surface area contributed by atoms with Gasteiger partial charge in [0.25, 0.3) is 0 Å². The van der Waals surface area contributed by atoms with E-state index >= 15 is 0 Å². The molecule has 0 unspecified atom stereocenters. The fraction of sp³-hybridized carbons (Fsp3) is 0.391. The normalized spacial score (nSPS) is 11.6. The first-order valence-electron chi connectivity index (χ1n) is 10.4. The molecule has 1 amide bonds. The number of hydrogen-bond donors (Lipinski definition) is 1. The Hall–Kier alpha value is -3.13. The van der Waals surface area contributed by atoms with Gasteiger partial charge in [-0.15, -0.1) is 5.10 Å². The average molecular weight is 458 g/mol. The van der Waals surface area contributed by atoms with Gasteiger partial charge < -0.3 is 10.1 Å². The number of halogens is 1. The standard InChI is InChI=1S/C23H28ClN5O3/c1-15(2)32-17-8-6-16(7-9-17)29-20(18-10-11-25-14-19(18)24)27-28(22(29)31)13-12-26-21(30)23(3,4)5/h6-11,14-15H,12-13H2,1-5H3,(H,26,30). The van der Waals surface area contributed by atoms with Crippen molar-refractivity contribution in [3.63, 3.8) is 0 Å². The summed E-state index contributed by atoms with van der Waals surface area (Å²) in [7, 11) is 0. The molecule has 8 nitrogen and oxygen atoms in total. The second kappa shape index (κ2) is 9.56. The molecule has 170 valence electrons. The second-order valence-electron chi connectivity index (χ2n) is 8.69. The second-order valence-corrected chi connectivity index (χ2v) is 9.09. The van der Waals surface area contributed by atoms with E-state index in [0.29, 0.717) is 27.8 Å². The van der Waals surface area contributed by atoms with Crippen molar-refractivity contribution in [3.8, 4) is 22.8 Å². The van der Waals surface area contributed by atoms with Gasteiger partial charge in [-0.25, -0.2) is 14.0 Å². The molecule has 0 spiro atoms. The average Bonchev–Trinajstić information content (AvgIpc) is 3.04. The molecular weight excluding hydrogens is 430 g/mol. The van der Waals surface area contributed by atoms with Gasteiger partial charge in [0.15, 0.2) is 5.82 Å². The molecular formula is C23H28ClN5O3. The topological polar surface area (TPSA) is 91.0 Å². The van der Waals surface area contributed by atoms with Crippen LogP contribution in [0.15, 0.2) is 47.5 Å². The summed E-state index contributed by atoms with van der Waals surface area (Å²) in [6.07, 6.45) is 3.15. The number of pyridine rings is 1. The van der Waals surface area contributed by atoms with Gasteiger partial charge in [0.05, 0.1) is 23.4 Å². The Morgan fingerprint density at radius 2 is 1.88 bits per heavy atom. The zero-order valence-electron chi connectivity index (χ0n) is 18.9. The van der Waals surface area contributed by atoms with E-state index in [2.05, 4.69) is 15.4 Å². The Kier molecular flexibility index (Phi) is 7.03. The minimum absolute atomic E-state index is 0.0424. The van der Waals surface area contributed by atoms with Crippen LogP contribution in [-0.4, -0.2) is 37.9 Å². The largest absolute Gasteiger partial charge is 0.491 e. The summed E-state index contributed by atoms with van der Waals surface area (Å²) in [6, 6.07) is 8.92. The summed E-state index contributed by atoms with van der Waals surface area (Å²) in [6.45, 7) is 9.89. The molecule has 1 N–H and O–H groups in total. The maximum absolute atomic E-state index is 13.3. The summed E-state index contributed by atoms with van der Waals surface area (Å²) >= 11 is 6.35. The maximum atomic E-state index is 13.3. The fourth-order valence-corrected chi connectivity index (χ4v) is 3.21. The molecule has 0 bridgehead atoms. The number of nitrogens with one attached hydrogen (secondary N) is 1. The molecule has 3 rings (SSSR count). The van der Waals surface area contributed by atoms with Crippen LogP contribution in [0, 0.1) is 5.41 Å². The van der Waals surface area contributed by atoms with Crippen LogP contribution in [0.25, 0.3) is 17.1 Å². The van der Waals surface area contributed by atoms with Crippen molar-refractivity contribution in [3.05, 3.63) is 58.2 Å². The van der Waals surface area contributed by atoms with Crippen LogP contribution in [0.4, 0.5) is 0 Å². The van der Waals surface area contributed by atoms with Crippen LogP contribution >= 0.6 is 11.6 Å². The van der Waals surface area contributed by atoms with Gasteiger partial charge in [-0.2, -0.15) is 0 Å². The van der Waals surface area contributed by atoms with Crippen molar-refractivity contribution >= 4 is 17.5 Å². The lowest BCUT2D eigenvalue weighted by Gasteiger charge is -2.17. The third kappa shape index (κ3) is 5.37. The summed E-state index contributed by atoms with van der Waals surface area (Å²) in [5.74, 6) is 1.00. The smallest absolute Gasteiger partial charge is 0.350 e. The first-order chi connectivity index (χ1) is 15.1. The lowest BCUT2D eigenvalue weighted by Crippen LogP contribution is -2.38. The molecule has 0 radical (unpaired) electrons. The Bertz CT molecular complexity index is 1140. The third-order valence-corrected chi connectivity index (χ3v) is 4.91. The van der Waals surface area contributed by atoms with Crippen molar-refractivity contribution < 1.29 is 9.53 Å². The number of benzene rings is 1. The van der Waals surface area contributed by atoms with E-state index in [1.165, 1.54) is 15.4 Å². The molecule has 32 heavy (non-hydrogen) atoms. The first kappa shape index (κ1) is 23.5. The first-order valence-corrected chi connectivity index (χ1v) is 10.8. The molecule has 0 aliphatic heterocycles. The van der Waals surface area contributed by atoms with E-state index in [0.717, 1.165) is 0 Å². The van der Waals surface area contributed by atoms with Crippen molar-refractivity contribution in [2.45, 2.75) is 47.3 Å². The highest BCUT2D eigenvalue weighted by Crippen LogP contribution is 2.27. The van der Waals surface area contributed by atoms with Gasteiger partial charge in [-0.3, -0.25) is 9.78 Å². The van der Waals surface area contributed by atoms with Crippen LogP contribution < -0.4 is 15.7 Å². The van der Waals surface area contributed by atoms with Gasteiger partial charge in [0.2, 0.25) is 5.91 Å². The highest BCUT2D eigenvalue weighted by molar-refractivity contribution is 6.33. The van der Waals surface area contributed by atoms with Crippen LogP contribution in [0.3, 0.4) is 0 Å². The number of hydrogen-bond acceptors (Lipinski definition) is 5. The van der Waals surface area contributed by atoms with Crippen molar-refractivity contribution in [2.75, 3.05) is 6.54 Å². The molecule has 2 heterocycles. The lowest BCUT2D eigenvalue weighted by molar-refractivity contribution is -0.128. The van der Waals surface area contributed by atoms with Crippen LogP contribution in [-0.2, 0) is 11.3 Å². The Morgan fingerprint density at radius 1 is 1.19 bits per heavy atom. The molecule has 0 aliphatic rings. The predicted octanol–water partition coefficient (Wildman–Crippen LogP) is 3.70. The van der Waals surface area contributed by atoms with Gasteiger partial charge in [0.1, 0.15) is 5.75 Å². The van der Waals surface area contributed by atoms with Crippen molar-refractivity contribution in [1.29, 1.82) is 0 Å². The van der Waals surface area contributed by atoms with Crippen molar-refractivity contribution in [2.24, 2.45) is 5.41 Å². The minimum atomic E-state index is -0.514. The van der Waals surface area contributed by atoms with Crippen LogP contribution in [0.2, 0.25) is 5.02 Å². The zero-order valence-corrected chi connectivity index (χ0v) is 19.7. The van der Waals surface area contributed by atoms with E-state index in [1.807, 2.05) is 34.6 Å². The van der Waals surface area contributed by atoms with E-state index in [4.69, 9.17) is 16.3 Å². The molecule has 3 aromatic rings. The van der Waals surface area contributed by atoms with Crippen molar-refractivity contribution in [1.82, 2.24) is 24.6 Å². The quantitative estimate of drug-likeness (QED) is 0.584. The van der Waals surface area contributed by atoms with Gasteiger partial charge in [-0.05, 0) is 44.2 Å². The Balaban J connectivity index is 1.98. The molecule has 9 heteroatoms. The third-order valence-electron chi connectivity index (χ3n) is 4.61. The SMILES string of the molecule is CC(C)Oc1ccc(-n2c(-c3ccncc3Cl)nn(CCNC(=O)C(C)(C)C)c2=O)cc1. The number of amides is 1. The minimum Gasteiger partial charge on any atom is -0.491 e. The zero-order chi connectivity index (χ0) is 23.5. The molecule has 2 aromatic heterocycles. The van der Waals surface area contributed by atoms with E-state index in [9.17, 15) is 9.59 Å². The van der Waals surface area contributed by atoms with E-state index in [-0.39, 0.29) is 30.8 Å². The number of carbonyl (C=O) groups excluding carboxylic acids is 1. The molecule has 0 atom stereocenters. The summed E-state index contributed by atoms with van der Waals surface area (Å²) in [5.41, 5.74) is 0.355. The van der Waals surface area contributed by atoms with Crippen LogP contribution in [0.5, 0.6) is 5.75 Å². The number of ether oxygens (including phenoxy) is 1. The van der Waals surface area contributed by atoms with Gasteiger partial charge in [0, 0.05) is 29.9 Å². The summed E-state index contributed by atoms with van der Waals surface area (Å²) in [5, 5.41) is 7.74. The number of carbonyl (C=O) groups is 1. The summed E-state index contributed by atoms with van der Waals surface area (Å²) in [4.78, 5) is 29.4. The molecule has 0 saturated carbocycles. The molecule has 1 aromatic carbocycles. The Morgan fingerprint density at radius 3 is 2.47 bits per heavy atom. The monoisotopic (exact) mass is 457 g/mol. The van der Waals surface area contributed by atoms with E-state index < -0.39 is 5.41 Å². The number of rotatable bonds is 7. The fourth-order valence-electron chi connectivity index (χ4n) is 3.00. The van der Waals surface area contributed by atoms with Gasteiger partial charge >= 0.3 is 5.69 Å². The lowest BCUT2D eigenvalue weighted by atomic mass is 9.96. The predicted molar refractivity (Wildman–Crippen MR) is 124 cm³/mol. The molecule has 0 saturated heterocycles. The number of nitrogens with zero attached hydrogens (tertiary/aromatic N) is 4. The van der Waals surface area contributed by atoms with E-state index in [1.54, 1.807) is 36.5 Å². The summed E-state index contributed by atoms with van der Waals surface area (Å²) < 4.78 is 8.52. The van der Waals surface area contributed by atoms with Crippen LogP contribution in [0.1, 0.15) is 34.6 Å². The molecule has 0 aliphatic carbocycles. The molecule has 0 fully saturated rings. The Labute approximate surface area is 192 Å². The highest BCUT2D eigenvalue weighted by atomic mass is 35.5. The maximum Gasteiger partial charge on any atom is 0.350 e. The highest BCUT2D eigenvalue weighted by Gasteiger charge is 2.22. The number of aromatic nitrogens is 4. The van der Waals surface area contributed by atoms with Gasteiger partial charge in [-0.1, -0.05) is 32.4 Å².